The van der Waals surface area contributed by atoms with Crippen LogP contribution in [0.4, 0.5) is 0 Å². The van der Waals surface area contributed by atoms with E-state index in [0.717, 1.165) is 23.7 Å². The van der Waals surface area contributed by atoms with E-state index in [9.17, 15) is 0 Å². The van der Waals surface area contributed by atoms with Gasteiger partial charge in [-0.3, -0.25) is 4.99 Å². The van der Waals surface area contributed by atoms with Gasteiger partial charge < -0.3 is 9.64 Å². The molecule has 1 atom stereocenters. The lowest BCUT2D eigenvalue weighted by Gasteiger charge is -2.29. The van der Waals surface area contributed by atoms with Crippen molar-refractivity contribution in [3.8, 4) is 5.75 Å². The van der Waals surface area contributed by atoms with Crippen LogP contribution in [0.5, 0.6) is 5.75 Å². The predicted octanol–water partition coefficient (Wildman–Crippen LogP) is 5.70. The molecular formula is C24H34N2O. The third kappa shape index (κ3) is 3.60. The van der Waals surface area contributed by atoms with E-state index in [1.54, 1.807) is 7.11 Å². The SMILES string of the molecule is CC.COc1ccccc1C1=NCC(c2c(C)c(C)c(C)c(C)c2C)N1C. The van der Waals surface area contributed by atoms with Gasteiger partial charge in [0.05, 0.1) is 25.3 Å². The van der Waals surface area contributed by atoms with Crippen LogP contribution in [-0.4, -0.2) is 31.4 Å². The summed E-state index contributed by atoms with van der Waals surface area (Å²) in [5.74, 6) is 1.88. The van der Waals surface area contributed by atoms with E-state index in [1.165, 1.54) is 33.4 Å². The van der Waals surface area contributed by atoms with E-state index in [-0.39, 0.29) is 6.04 Å². The molecule has 0 amide bonds. The van der Waals surface area contributed by atoms with E-state index in [2.05, 4.69) is 52.6 Å². The minimum absolute atomic E-state index is 0.276. The van der Waals surface area contributed by atoms with Gasteiger partial charge in [-0.2, -0.15) is 0 Å². The van der Waals surface area contributed by atoms with Crippen LogP contribution in [0.15, 0.2) is 29.3 Å². The van der Waals surface area contributed by atoms with Gasteiger partial charge in [0.25, 0.3) is 0 Å². The molecule has 0 saturated carbocycles. The number of amidine groups is 1. The summed E-state index contributed by atoms with van der Waals surface area (Å²) < 4.78 is 5.54. The Balaban J connectivity index is 0.00000126. The Labute approximate surface area is 165 Å². The number of hydrogen-bond acceptors (Lipinski definition) is 3. The summed E-state index contributed by atoms with van der Waals surface area (Å²) in [6.45, 7) is 16.0. The summed E-state index contributed by atoms with van der Waals surface area (Å²) in [5, 5.41) is 0. The first-order valence-electron chi connectivity index (χ1n) is 9.86. The molecule has 1 aliphatic heterocycles. The Morgan fingerprint density at radius 2 is 1.41 bits per heavy atom. The second-order valence-electron chi connectivity index (χ2n) is 7.03. The number of ether oxygens (including phenoxy) is 1. The van der Waals surface area contributed by atoms with Crippen LogP contribution < -0.4 is 4.74 Å². The van der Waals surface area contributed by atoms with Gasteiger partial charge in [0.15, 0.2) is 0 Å². The number of para-hydroxylation sites is 1. The number of rotatable bonds is 3. The molecule has 0 saturated heterocycles. The van der Waals surface area contributed by atoms with E-state index in [0.29, 0.717) is 0 Å². The molecule has 3 rings (SSSR count). The average Bonchev–Trinajstić information content (AvgIpc) is 3.07. The third-order valence-corrected chi connectivity index (χ3v) is 5.95. The van der Waals surface area contributed by atoms with Crippen LogP contribution in [-0.2, 0) is 0 Å². The maximum Gasteiger partial charge on any atom is 0.135 e. The highest BCUT2D eigenvalue weighted by atomic mass is 16.5. The van der Waals surface area contributed by atoms with Gasteiger partial charge in [-0.15, -0.1) is 0 Å². The van der Waals surface area contributed by atoms with Crippen molar-refractivity contribution in [2.24, 2.45) is 4.99 Å². The molecule has 1 aliphatic rings. The first kappa shape index (κ1) is 21.0. The van der Waals surface area contributed by atoms with Crippen molar-refractivity contribution in [1.29, 1.82) is 0 Å². The maximum atomic E-state index is 5.54. The quantitative estimate of drug-likeness (QED) is 0.696. The number of likely N-dealkylation sites (N-methyl/N-ethyl adjacent to an activating group) is 1. The lowest BCUT2D eigenvalue weighted by atomic mass is 9.86. The molecule has 2 aromatic rings. The Morgan fingerprint density at radius 3 is 1.96 bits per heavy atom. The molecule has 27 heavy (non-hydrogen) atoms. The molecule has 3 heteroatoms. The smallest absolute Gasteiger partial charge is 0.135 e. The standard InChI is InChI=1S/C22H28N2O.C2H6/c1-13-14(2)16(4)21(17(5)15(13)3)19-12-23-22(24(19)6)18-10-8-9-11-20(18)25-7;1-2/h8-11,19H,12H2,1-7H3;1-2H3. The van der Waals surface area contributed by atoms with Crippen LogP contribution >= 0.6 is 0 Å². The summed E-state index contributed by atoms with van der Waals surface area (Å²) in [5.41, 5.74) is 9.49. The highest BCUT2D eigenvalue weighted by Crippen LogP contribution is 2.37. The Hall–Kier alpha value is -2.29. The zero-order chi connectivity index (χ0) is 20.3. The fourth-order valence-corrected chi connectivity index (χ4v) is 3.97. The van der Waals surface area contributed by atoms with Crippen LogP contribution in [0.25, 0.3) is 0 Å². The van der Waals surface area contributed by atoms with Crippen molar-refractivity contribution in [3.05, 3.63) is 63.2 Å². The molecule has 0 spiro atoms. The normalized spacial score (nSPS) is 16.0. The molecule has 0 N–H and O–H groups in total. The number of aliphatic imine (C=N–C) groups is 1. The van der Waals surface area contributed by atoms with Crippen molar-refractivity contribution in [2.45, 2.75) is 54.5 Å². The maximum absolute atomic E-state index is 5.54. The van der Waals surface area contributed by atoms with E-state index in [1.807, 2.05) is 32.0 Å². The molecule has 0 aromatic heterocycles. The zero-order valence-corrected chi connectivity index (χ0v) is 18.4. The van der Waals surface area contributed by atoms with E-state index in [4.69, 9.17) is 9.73 Å². The largest absolute Gasteiger partial charge is 0.496 e. The molecule has 0 bridgehead atoms. The Kier molecular flexibility index (Phi) is 6.69. The van der Waals surface area contributed by atoms with Gasteiger partial charge in [0, 0.05) is 7.05 Å². The summed E-state index contributed by atoms with van der Waals surface area (Å²) in [6, 6.07) is 8.39. The zero-order valence-electron chi connectivity index (χ0n) is 18.4. The van der Waals surface area contributed by atoms with Gasteiger partial charge >= 0.3 is 0 Å². The van der Waals surface area contributed by atoms with Crippen molar-refractivity contribution < 1.29 is 4.74 Å². The van der Waals surface area contributed by atoms with Gasteiger partial charge in [-0.25, -0.2) is 0 Å². The number of nitrogens with zero attached hydrogens (tertiary/aromatic N) is 2. The summed E-state index contributed by atoms with van der Waals surface area (Å²) >= 11 is 0. The second-order valence-corrected chi connectivity index (χ2v) is 7.03. The monoisotopic (exact) mass is 366 g/mol. The molecule has 3 nitrogen and oxygen atoms in total. The van der Waals surface area contributed by atoms with Crippen LogP contribution in [0, 0.1) is 34.6 Å². The van der Waals surface area contributed by atoms with Crippen molar-refractivity contribution in [2.75, 3.05) is 20.7 Å². The molecule has 146 valence electrons. The van der Waals surface area contributed by atoms with Crippen LogP contribution in [0.3, 0.4) is 0 Å². The summed E-state index contributed by atoms with van der Waals surface area (Å²) in [4.78, 5) is 7.19. The highest BCUT2D eigenvalue weighted by Gasteiger charge is 2.31. The molecule has 0 radical (unpaired) electrons. The van der Waals surface area contributed by atoms with Crippen molar-refractivity contribution >= 4 is 5.84 Å². The van der Waals surface area contributed by atoms with Gasteiger partial charge in [-0.05, 0) is 80.1 Å². The number of methoxy groups -OCH3 is 1. The summed E-state index contributed by atoms with van der Waals surface area (Å²) in [7, 11) is 3.86. The van der Waals surface area contributed by atoms with Crippen molar-refractivity contribution in [3.63, 3.8) is 0 Å². The van der Waals surface area contributed by atoms with E-state index < -0.39 is 0 Å². The lowest BCUT2D eigenvalue weighted by molar-refractivity contribution is 0.401. The van der Waals surface area contributed by atoms with Gasteiger partial charge in [-0.1, -0.05) is 26.0 Å². The van der Waals surface area contributed by atoms with Gasteiger partial charge in [0.2, 0.25) is 0 Å². The number of hydrogen-bond donors (Lipinski definition) is 0. The molecule has 1 heterocycles. The van der Waals surface area contributed by atoms with E-state index >= 15 is 0 Å². The van der Waals surface area contributed by atoms with Crippen LogP contribution in [0.1, 0.15) is 58.8 Å². The van der Waals surface area contributed by atoms with Crippen LogP contribution in [0.2, 0.25) is 0 Å². The third-order valence-electron chi connectivity index (χ3n) is 5.95. The lowest BCUT2D eigenvalue weighted by Crippen LogP contribution is -2.29. The van der Waals surface area contributed by atoms with Crippen molar-refractivity contribution in [1.82, 2.24) is 4.90 Å². The fraction of sp³-hybridized carbons (Fsp3) is 0.458. The molecule has 2 aromatic carbocycles. The average molecular weight is 367 g/mol. The second kappa shape index (κ2) is 8.60. The molecule has 1 unspecified atom stereocenters. The first-order valence-corrected chi connectivity index (χ1v) is 9.86. The topological polar surface area (TPSA) is 24.8 Å². The summed E-state index contributed by atoms with van der Waals surface area (Å²) in [6.07, 6.45) is 0. The predicted molar refractivity (Wildman–Crippen MR) is 116 cm³/mol. The Bertz CT molecular complexity index is 823. The van der Waals surface area contributed by atoms with Gasteiger partial charge in [0.1, 0.15) is 11.6 Å². The Morgan fingerprint density at radius 1 is 0.889 bits per heavy atom. The molecular weight excluding hydrogens is 332 g/mol. The first-order chi connectivity index (χ1) is 12.9. The number of benzene rings is 2. The highest BCUT2D eigenvalue weighted by molar-refractivity contribution is 6.02. The minimum atomic E-state index is 0.276. The molecule has 0 aliphatic carbocycles. The fourth-order valence-electron chi connectivity index (χ4n) is 3.97. The molecule has 0 fully saturated rings. The minimum Gasteiger partial charge on any atom is -0.496 e.